The molecule has 5 nitrogen and oxygen atoms in total. The third kappa shape index (κ3) is 1.87. The van der Waals surface area contributed by atoms with E-state index in [0.717, 1.165) is 16.9 Å². The molecule has 0 fully saturated rings. The van der Waals surface area contributed by atoms with Gasteiger partial charge in [0.2, 0.25) is 5.91 Å². The van der Waals surface area contributed by atoms with Gasteiger partial charge in [-0.1, -0.05) is 6.07 Å². The van der Waals surface area contributed by atoms with Crippen molar-refractivity contribution in [2.75, 3.05) is 37.0 Å². The van der Waals surface area contributed by atoms with Crippen molar-refractivity contribution < 1.29 is 9.90 Å². The van der Waals surface area contributed by atoms with E-state index in [1.807, 2.05) is 30.1 Å². The average molecular weight is 235 g/mol. The van der Waals surface area contributed by atoms with Crippen molar-refractivity contribution >= 4 is 17.3 Å². The van der Waals surface area contributed by atoms with Gasteiger partial charge in [-0.05, 0) is 12.1 Å². The molecule has 0 aromatic heterocycles. The first-order valence-corrected chi connectivity index (χ1v) is 5.55. The predicted octanol–water partition coefficient (Wildman–Crippen LogP) is 0.0913. The summed E-state index contributed by atoms with van der Waals surface area (Å²) in [5.74, 6) is -0.0815. The molecule has 1 unspecified atom stereocenters. The third-order valence-electron chi connectivity index (χ3n) is 3.18. The molecule has 0 aliphatic carbocycles. The van der Waals surface area contributed by atoms with Gasteiger partial charge < -0.3 is 20.6 Å². The second kappa shape index (κ2) is 4.35. The number of amides is 1. The molecule has 0 saturated heterocycles. The first-order chi connectivity index (χ1) is 8.06. The van der Waals surface area contributed by atoms with Crippen LogP contribution in [0.1, 0.15) is 11.6 Å². The Kier molecular flexibility index (Phi) is 3.04. The lowest BCUT2D eigenvalue weighted by Gasteiger charge is -2.20. The maximum atomic E-state index is 11.7. The Balaban J connectivity index is 2.36. The molecule has 1 aromatic carbocycles. The number of fused-ring (bicyclic) bond motifs is 1. The van der Waals surface area contributed by atoms with Crippen LogP contribution in [0.15, 0.2) is 18.2 Å². The van der Waals surface area contributed by atoms with Gasteiger partial charge in [0.1, 0.15) is 6.04 Å². The lowest BCUT2D eigenvalue weighted by atomic mass is 10.1. The largest absolute Gasteiger partial charge is 0.395 e. The van der Waals surface area contributed by atoms with Crippen molar-refractivity contribution in [2.45, 2.75) is 6.04 Å². The zero-order valence-corrected chi connectivity index (χ0v) is 10.1. The summed E-state index contributed by atoms with van der Waals surface area (Å²) < 4.78 is 0. The van der Waals surface area contributed by atoms with E-state index in [9.17, 15) is 4.79 Å². The number of carbonyl (C=O) groups excluding carboxylic acids is 1. The van der Waals surface area contributed by atoms with E-state index in [1.54, 1.807) is 11.9 Å². The molecule has 0 saturated carbocycles. The summed E-state index contributed by atoms with van der Waals surface area (Å²) in [5.41, 5.74) is 8.50. The van der Waals surface area contributed by atoms with E-state index >= 15 is 0 Å². The van der Waals surface area contributed by atoms with Gasteiger partial charge in [0, 0.05) is 31.9 Å². The molecule has 17 heavy (non-hydrogen) atoms. The Bertz CT molecular complexity index is 447. The summed E-state index contributed by atoms with van der Waals surface area (Å²) in [6, 6.07) is 5.17. The Morgan fingerprint density at radius 2 is 2.24 bits per heavy atom. The molecular weight excluding hydrogens is 218 g/mol. The first-order valence-electron chi connectivity index (χ1n) is 5.55. The molecule has 1 aromatic rings. The second-order valence-corrected chi connectivity index (χ2v) is 4.26. The highest BCUT2D eigenvalue weighted by Crippen LogP contribution is 2.35. The second-order valence-electron chi connectivity index (χ2n) is 4.26. The number of carbonyl (C=O) groups is 1. The molecule has 2 rings (SSSR count). The van der Waals surface area contributed by atoms with Gasteiger partial charge in [-0.2, -0.15) is 0 Å². The van der Waals surface area contributed by atoms with Gasteiger partial charge in [-0.3, -0.25) is 4.79 Å². The van der Waals surface area contributed by atoms with Crippen LogP contribution in [-0.2, 0) is 4.79 Å². The molecule has 1 aliphatic heterocycles. The molecule has 1 aliphatic rings. The highest BCUT2D eigenvalue weighted by molar-refractivity contribution is 6.04. The van der Waals surface area contributed by atoms with Crippen LogP contribution in [0.3, 0.4) is 0 Å². The zero-order valence-electron chi connectivity index (χ0n) is 10.1. The quantitative estimate of drug-likeness (QED) is 0.779. The normalized spacial score (nSPS) is 18.5. The maximum absolute atomic E-state index is 11.7. The molecule has 1 amide bonds. The SMILES string of the molecule is CN(CCO)c1ccc2c(c1)N(C)C(=O)C2N. The Morgan fingerprint density at radius 1 is 1.53 bits per heavy atom. The minimum Gasteiger partial charge on any atom is -0.395 e. The van der Waals surface area contributed by atoms with Crippen LogP contribution in [-0.4, -0.2) is 38.3 Å². The number of hydrogen-bond donors (Lipinski definition) is 2. The van der Waals surface area contributed by atoms with Gasteiger partial charge in [0.15, 0.2) is 0 Å². The molecule has 0 bridgehead atoms. The van der Waals surface area contributed by atoms with Gasteiger partial charge >= 0.3 is 0 Å². The van der Waals surface area contributed by atoms with E-state index in [-0.39, 0.29) is 12.5 Å². The van der Waals surface area contributed by atoms with Crippen LogP contribution in [0.25, 0.3) is 0 Å². The molecule has 92 valence electrons. The van der Waals surface area contributed by atoms with E-state index in [4.69, 9.17) is 10.8 Å². The number of likely N-dealkylation sites (N-methyl/N-ethyl adjacent to an activating group) is 2. The highest BCUT2D eigenvalue weighted by Gasteiger charge is 2.32. The Labute approximate surface area is 100 Å². The summed E-state index contributed by atoms with van der Waals surface area (Å²) in [5, 5.41) is 8.90. The smallest absolute Gasteiger partial charge is 0.248 e. The van der Waals surface area contributed by atoms with Crippen LogP contribution in [0.5, 0.6) is 0 Å². The summed E-state index contributed by atoms with van der Waals surface area (Å²) in [4.78, 5) is 15.2. The van der Waals surface area contributed by atoms with Crippen molar-refractivity contribution in [1.29, 1.82) is 0 Å². The van der Waals surface area contributed by atoms with Gasteiger partial charge in [-0.15, -0.1) is 0 Å². The lowest BCUT2D eigenvalue weighted by molar-refractivity contribution is -0.118. The van der Waals surface area contributed by atoms with Crippen LogP contribution in [0.2, 0.25) is 0 Å². The van der Waals surface area contributed by atoms with Crippen LogP contribution in [0, 0.1) is 0 Å². The molecular formula is C12H17N3O2. The minimum absolute atomic E-state index is 0.0815. The highest BCUT2D eigenvalue weighted by atomic mass is 16.3. The lowest BCUT2D eigenvalue weighted by Crippen LogP contribution is -2.27. The van der Waals surface area contributed by atoms with Crippen molar-refractivity contribution in [3.63, 3.8) is 0 Å². The molecule has 1 heterocycles. The molecule has 0 spiro atoms. The number of aliphatic hydroxyl groups is 1. The number of nitrogens with zero attached hydrogens (tertiary/aromatic N) is 2. The topological polar surface area (TPSA) is 69.8 Å². The monoisotopic (exact) mass is 235 g/mol. The summed E-state index contributed by atoms with van der Waals surface area (Å²) in [6.07, 6.45) is 0. The molecule has 3 N–H and O–H groups in total. The number of rotatable bonds is 3. The fraction of sp³-hybridized carbons (Fsp3) is 0.417. The summed E-state index contributed by atoms with van der Waals surface area (Å²) in [7, 11) is 3.62. The first kappa shape index (κ1) is 11.9. The maximum Gasteiger partial charge on any atom is 0.248 e. The fourth-order valence-electron chi connectivity index (χ4n) is 2.06. The number of benzene rings is 1. The molecule has 0 radical (unpaired) electrons. The minimum atomic E-state index is -0.549. The number of nitrogens with two attached hydrogens (primary N) is 1. The van der Waals surface area contributed by atoms with E-state index in [1.165, 1.54) is 0 Å². The Hall–Kier alpha value is -1.59. The molecule has 1 atom stereocenters. The zero-order chi connectivity index (χ0) is 12.6. The fourth-order valence-corrected chi connectivity index (χ4v) is 2.06. The van der Waals surface area contributed by atoms with E-state index in [2.05, 4.69) is 0 Å². The number of aliphatic hydroxyl groups excluding tert-OH is 1. The van der Waals surface area contributed by atoms with Crippen LogP contribution in [0.4, 0.5) is 11.4 Å². The van der Waals surface area contributed by atoms with Crippen LogP contribution >= 0.6 is 0 Å². The predicted molar refractivity (Wildman–Crippen MR) is 67.1 cm³/mol. The van der Waals surface area contributed by atoms with Crippen molar-refractivity contribution in [3.8, 4) is 0 Å². The van der Waals surface area contributed by atoms with Gasteiger partial charge in [-0.25, -0.2) is 0 Å². The number of hydrogen-bond acceptors (Lipinski definition) is 4. The van der Waals surface area contributed by atoms with Gasteiger partial charge in [0.25, 0.3) is 0 Å². The third-order valence-corrected chi connectivity index (χ3v) is 3.18. The van der Waals surface area contributed by atoms with Crippen molar-refractivity contribution in [3.05, 3.63) is 23.8 Å². The van der Waals surface area contributed by atoms with Crippen molar-refractivity contribution in [2.24, 2.45) is 5.73 Å². The van der Waals surface area contributed by atoms with E-state index < -0.39 is 6.04 Å². The standard InChI is InChI=1S/C12H17N3O2/c1-14(5-6-16)8-3-4-9-10(7-8)15(2)12(17)11(9)13/h3-4,7,11,16H,5-6,13H2,1-2H3. The van der Waals surface area contributed by atoms with E-state index in [0.29, 0.717) is 6.54 Å². The van der Waals surface area contributed by atoms with Gasteiger partial charge in [0.05, 0.1) is 12.3 Å². The summed E-state index contributed by atoms with van der Waals surface area (Å²) in [6.45, 7) is 0.657. The van der Waals surface area contributed by atoms with Crippen LogP contribution < -0.4 is 15.5 Å². The van der Waals surface area contributed by atoms with Crippen molar-refractivity contribution in [1.82, 2.24) is 0 Å². The number of anilines is 2. The molecule has 5 heteroatoms. The average Bonchev–Trinajstić information content (AvgIpc) is 2.55. The Morgan fingerprint density at radius 3 is 2.88 bits per heavy atom. The summed E-state index contributed by atoms with van der Waals surface area (Å²) >= 11 is 0.